The van der Waals surface area contributed by atoms with Gasteiger partial charge in [-0.05, 0) is 6.07 Å². The highest BCUT2D eigenvalue weighted by Crippen LogP contribution is 2.25. The summed E-state index contributed by atoms with van der Waals surface area (Å²) in [6.45, 7) is 0. The molecular formula is C12H10N6O. The molecule has 94 valence electrons. The smallest absolute Gasteiger partial charge is 0.252 e. The number of nitrogens with zero attached hydrogens (tertiary/aromatic N) is 4. The van der Waals surface area contributed by atoms with Gasteiger partial charge in [0, 0.05) is 29.7 Å². The second kappa shape index (κ2) is 4.05. The number of hydrogen-bond donors (Lipinski definition) is 2. The van der Waals surface area contributed by atoms with Crippen molar-refractivity contribution in [1.29, 1.82) is 0 Å². The van der Waals surface area contributed by atoms with Crippen molar-refractivity contribution in [2.24, 2.45) is 5.73 Å². The predicted octanol–water partition coefficient (Wildman–Crippen LogP) is 0.472. The second-order valence-corrected chi connectivity index (χ2v) is 4.02. The van der Waals surface area contributed by atoms with Crippen LogP contribution < -0.4 is 11.5 Å². The topological polar surface area (TPSA) is 112 Å². The van der Waals surface area contributed by atoms with E-state index < -0.39 is 5.91 Å². The van der Waals surface area contributed by atoms with Gasteiger partial charge in [0.25, 0.3) is 5.91 Å². The number of nitrogens with two attached hydrogens (primary N) is 2. The Hall–Kier alpha value is -2.96. The molecule has 7 heteroatoms. The van der Waals surface area contributed by atoms with Gasteiger partial charge in [0.2, 0.25) is 0 Å². The molecular weight excluding hydrogens is 244 g/mol. The van der Waals surface area contributed by atoms with Crippen LogP contribution in [0, 0.1) is 0 Å². The number of primary amides is 1. The van der Waals surface area contributed by atoms with Crippen molar-refractivity contribution in [3.05, 3.63) is 42.7 Å². The first kappa shape index (κ1) is 11.1. The van der Waals surface area contributed by atoms with Crippen LogP contribution in [-0.2, 0) is 0 Å². The van der Waals surface area contributed by atoms with Gasteiger partial charge in [0.15, 0.2) is 0 Å². The zero-order valence-electron chi connectivity index (χ0n) is 9.82. The molecule has 0 saturated heterocycles. The molecule has 0 radical (unpaired) electrons. The normalized spacial score (nSPS) is 10.7. The molecule has 3 aromatic rings. The summed E-state index contributed by atoms with van der Waals surface area (Å²) in [5, 5.41) is 4.10. The number of amides is 1. The highest BCUT2D eigenvalue weighted by molar-refractivity contribution is 6.01. The zero-order chi connectivity index (χ0) is 13.4. The standard InChI is InChI=1S/C12H10N6O/c13-11-9(12(14)19)4-17-18-5-7(1-10(11)18)8-2-15-6-16-3-8/h1-6H,13H2,(H2,14,19). The number of hydrogen-bond acceptors (Lipinski definition) is 5. The first-order valence-electron chi connectivity index (χ1n) is 5.49. The van der Waals surface area contributed by atoms with Gasteiger partial charge < -0.3 is 11.5 Å². The van der Waals surface area contributed by atoms with Crippen molar-refractivity contribution < 1.29 is 4.79 Å². The number of fused-ring (bicyclic) bond motifs is 1. The molecule has 0 aliphatic rings. The summed E-state index contributed by atoms with van der Waals surface area (Å²) < 4.78 is 1.59. The average molecular weight is 254 g/mol. The molecule has 19 heavy (non-hydrogen) atoms. The van der Waals surface area contributed by atoms with Crippen molar-refractivity contribution in [3.8, 4) is 11.1 Å². The maximum Gasteiger partial charge on any atom is 0.252 e. The summed E-state index contributed by atoms with van der Waals surface area (Å²) in [4.78, 5) is 19.1. The predicted molar refractivity (Wildman–Crippen MR) is 69.1 cm³/mol. The zero-order valence-corrected chi connectivity index (χ0v) is 9.82. The number of aromatic nitrogens is 4. The molecule has 4 N–H and O–H groups in total. The van der Waals surface area contributed by atoms with E-state index in [0.29, 0.717) is 11.2 Å². The summed E-state index contributed by atoms with van der Waals surface area (Å²) in [5.41, 5.74) is 14.0. The van der Waals surface area contributed by atoms with Crippen LogP contribution in [0.2, 0.25) is 0 Å². The monoisotopic (exact) mass is 254 g/mol. The van der Waals surface area contributed by atoms with Crippen LogP contribution in [0.1, 0.15) is 10.4 Å². The largest absolute Gasteiger partial charge is 0.396 e. The highest BCUT2D eigenvalue weighted by Gasteiger charge is 2.12. The first-order chi connectivity index (χ1) is 9.16. The summed E-state index contributed by atoms with van der Waals surface area (Å²) in [6.07, 6.45) is 7.97. The maximum atomic E-state index is 11.2. The van der Waals surface area contributed by atoms with Gasteiger partial charge in [-0.1, -0.05) is 0 Å². The highest BCUT2D eigenvalue weighted by atomic mass is 16.1. The van der Waals surface area contributed by atoms with Crippen LogP contribution in [0.5, 0.6) is 0 Å². The Morgan fingerprint density at radius 1 is 1.16 bits per heavy atom. The molecule has 7 nitrogen and oxygen atoms in total. The Morgan fingerprint density at radius 3 is 2.58 bits per heavy atom. The molecule has 0 saturated carbocycles. The molecule has 0 aromatic carbocycles. The van der Waals surface area contributed by atoms with Crippen LogP contribution in [-0.4, -0.2) is 25.5 Å². The molecule has 1 amide bonds. The third-order valence-electron chi connectivity index (χ3n) is 2.84. The molecule has 0 unspecified atom stereocenters. The van der Waals surface area contributed by atoms with E-state index in [9.17, 15) is 4.79 Å². The molecule has 0 aliphatic carbocycles. The van der Waals surface area contributed by atoms with Gasteiger partial charge >= 0.3 is 0 Å². The lowest BCUT2D eigenvalue weighted by molar-refractivity contribution is 0.100. The van der Waals surface area contributed by atoms with E-state index in [1.165, 1.54) is 12.5 Å². The van der Waals surface area contributed by atoms with E-state index >= 15 is 0 Å². The number of carbonyl (C=O) groups excluding carboxylic acids is 1. The Bertz CT molecular complexity index is 764. The van der Waals surface area contributed by atoms with Crippen LogP contribution in [0.3, 0.4) is 0 Å². The fraction of sp³-hybridized carbons (Fsp3) is 0. The SMILES string of the molecule is NC(=O)c1cnn2cc(-c3cncnc3)cc2c1N. The van der Waals surface area contributed by atoms with Crippen molar-refractivity contribution in [2.45, 2.75) is 0 Å². The number of carbonyl (C=O) groups is 1. The Morgan fingerprint density at radius 2 is 1.89 bits per heavy atom. The Labute approximate surface area is 107 Å². The van der Waals surface area contributed by atoms with Gasteiger partial charge in [-0.25, -0.2) is 14.5 Å². The van der Waals surface area contributed by atoms with E-state index in [1.54, 1.807) is 23.1 Å². The summed E-state index contributed by atoms with van der Waals surface area (Å²) in [7, 11) is 0. The lowest BCUT2D eigenvalue weighted by Gasteiger charge is -2.02. The van der Waals surface area contributed by atoms with Crippen LogP contribution in [0.25, 0.3) is 16.6 Å². The third-order valence-corrected chi connectivity index (χ3v) is 2.84. The van der Waals surface area contributed by atoms with Crippen LogP contribution >= 0.6 is 0 Å². The van der Waals surface area contributed by atoms with Gasteiger partial charge in [-0.2, -0.15) is 5.10 Å². The van der Waals surface area contributed by atoms with Gasteiger partial charge in [-0.3, -0.25) is 4.79 Å². The van der Waals surface area contributed by atoms with E-state index in [4.69, 9.17) is 11.5 Å². The third kappa shape index (κ3) is 1.77. The van der Waals surface area contributed by atoms with E-state index in [-0.39, 0.29) is 5.56 Å². The summed E-state index contributed by atoms with van der Waals surface area (Å²) >= 11 is 0. The fourth-order valence-electron chi connectivity index (χ4n) is 1.88. The second-order valence-electron chi connectivity index (χ2n) is 4.02. The first-order valence-corrected chi connectivity index (χ1v) is 5.49. The molecule has 3 rings (SSSR count). The molecule has 0 aliphatic heterocycles. The van der Waals surface area contributed by atoms with Crippen molar-refractivity contribution in [2.75, 3.05) is 5.73 Å². The van der Waals surface area contributed by atoms with E-state index in [0.717, 1.165) is 11.1 Å². The van der Waals surface area contributed by atoms with Gasteiger partial charge in [-0.15, -0.1) is 0 Å². The van der Waals surface area contributed by atoms with E-state index in [2.05, 4.69) is 15.1 Å². The minimum Gasteiger partial charge on any atom is -0.396 e. The fourth-order valence-corrected chi connectivity index (χ4v) is 1.88. The molecule has 0 spiro atoms. The molecule has 0 bridgehead atoms. The van der Waals surface area contributed by atoms with Gasteiger partial charge in [0.05, 0.1) is 23.0 Å². The Kier molecular flexibility index (Phi) is 2.38. The average Bonchev–Trinajstić information content (AvgIpc) is 2.85. The van der Waals surface area contributed by atoms with Crippen molar-refractivity contribution >= 4 is 17.1 Å². The molecule has 3 aromatic heterocycles. The van der Waals surface area contributed by atoms with Crippen LogP contribution in [0.15, 0.2) is 37.2 Å². The summed E-state index contributed by atoms with van der Waals surface area (Å²) in [6, 6.07) is 1.81. The van der Waals surface area contributed by atoms with Crippen LogP contribution in [0.4, 0.5) is 5.69 Å². The Balaban J connectivity index is 2.22. The van der Waals surface area contributed by atoms with Gasteiger partial charge in [0.1, 0.15) is 6.33 Å². The maximum absolute atomic E-state index is 11.2. The number of anilines is 1. The molecule has 0 fully saturated rings. The summed E-state index contributed by atoms with van der Waals surface area (Å²) in [5.74, 6) is -0.599. The minimum absolute atomic E-state index is 0.210. The molecule has 3 heterocycles. The van der Waals surface area contributed by atoms with E-state index in [1.807, 2.05) is 6.07 Å². The molecule has 0 atom stereocenters. The van der Waals surface area contributed by atoms with Crippen molar-refractivity contribution in [3.63, 3.8) is 0 Å². The lowest BCUT2D eigenvalue weighted by Crippen LogP contribution is -2.15. The number of rotatable bonds is 2. The van der Waals surface area contributed by atoms with Crippen molar-refractivity contribution in [1.82, 2.24) is 19.6 Å². The number of nitrogen functional groups attached to an aromatic ring is 1. The minimum atomic E-state index is -0.599. The lowest BCUT2D eigenvalue weighted by atomic mass is 10.1. The quantitative estimate of drug-likeness (QED) is 0.690.